The van der Waals surface area contributed by atoms with Gasteiger partial charge in [0.1, 0.15) is 18.9 Å². The standard InChI is InChI=1S/C29H25Cl2N3O4S/c1-21-2-16-28(17-3-21)39(36,37)34(26-12-10-25(31)11-13-26)19-29(35)33-32-18-22-6-14-27(15-7-22)38-20-23-4-8-24(30)9-5-23/h2-18H,19-20H2,1H3,(H,33,35)/b32-18-. The maximum absolute atomic E-state index is 13.4. The number of amides is 1. The Morgan fingerprint density at radius 2 is 1.46 bits per heavy atom. The third-order valence-electron chi connectivity index (χ3n) is 5.61. The number of hydrogen-bond donors (Lipinski definition) is 1. The molecular formula is C29H25Cl2N3O4S. The molecule has 4 aromatic carbocycles. The summed E-state index contributed by atoms with van der Waals surface area (Å²) in [7, 11) is -4.03. The molecule has 0 aliphatic rings. The molecule has 4 aromatic rings. The summed E-state index contributed by atoms with van der Waals surface area (Å²) >= 11 is 11.9. The summed E-state index contributed by atoms with van der Waals surface area (Å²) in [5.74, 6) is 0.0610. The molecule has 0 fully saturated rings. The maximum Gasteiger partial charge on any atom is 0.264 e. The van der Waals surface area contributed by atoms with Gasteiger partial charge >= 0.3 is 0 Å². The number of hydrazone groups is 1. The molecule has 0 heterocycles. The minimum atomic E-state index is -4.03. The lowest BCUT2D eigenvalue weighted by Gasteiger charge is -2.23. The predicted octanol–water partition coefficient (Wildman–Crippen LogP) is 6.23. The SMILES string of the molecule is Cc1ccc(S(=O)(=O)N(CC(=O)N/N=C\c2ccc(OCc3ccc(Cl)cc3)cc2)c2ccc(Cl)cc2)cc1. The van der Waals surface area contributed by atoms with Crippen molar-refractivity contribution in [3.05, 3.63) is 124 Å². The molecule has 0 aromatic heterocycles. The van der Waals surface area contributed by atoms with E-state index in [1.807, 2.05) is 19.1 Å². The molecule has 4 rings (SSSR count). The fourth-order valence-electron chi connectivity index (χ4n) is 3.50. The van der Waals surface area contributed by atoms with Gasteiger partial charge in [0.2, 0.25) is 0 Å². The molecule has 0 atom stereocenters. The molecule has 0 spiro atoms. The Labute approximate surface area is 237 Å². The zero-order valence-corrected chi connectivity index (χ0v) is 23.2. The van der Waals surface area contributed by atoms with Crippen molar-refractivity contribution < 1.29 is 17.9 Å². The summed E-state index contributed by atoms with van der Waals surface area (Å²) in [4.78, 5) is 12.8. The second-order valence-corrected chi connectivity index (χ2v) is 11.3. The average molecular weight is 583 g/mol. The van der Waals surface area contributed by atoms with E-state index in [0.29, 0.717) is 28.1 Å². The monoisotopic (exact) mass is 581 g/mol. The van der Waals surface area contributed by atoms with Crippen LogP contribution < -0.4 is 14.5 Å². The van der Waals surface area contributed by atoms with Crippen LogP contribution in [-0.2, 0) is 21.4 Å². The minimum absolute atomic E-state index is 0.0673. The van der Waals surface area contributed by atoms with Gasteiger partial charge in [0.15, 0.2) is 0 Å². The van der Waals surface area contributed by atoms with Gasteiger partial charge in [-0.05, 0) is 90.8 Å². The lowest BCUT2D eigenvalue weighted by atomic mass is 10.2. The van der Waals surface area contributed by atoms with E-state index in [-0.39, 0.29) is 4.90 Å². The van der Waals surface area contributed by atoms with Crippen molar-refractivity contribution in [3.63, 3.8) is 0 Å². The molecule has 7 nitrogen and oxygen atoms in total. The van der Waals surface area contributed by atoms with E-state index in [1.54, 1.807) is 72.8 Å². The van der Waals surface area contributed by atoms with Gasteiger partial charge in [0.05, 0.1) is 16.8 Å². The fourth-order valence-corrected chi connectivity index (χ4v) is 5.17. The normalized spacial score (nSPS) is 11.4. The van der Waals surface area contributed by atoms with Crippen LogP contribution in [0.2, 0.25) is 10.0 Å². The largest absolute Gasteiger partial charge is 0.489 e. The van der Waals surface area contributed by atoms with Gasteiger partial charge in [-0.3, -0.25) is 9.10 Å². The predicted molar refractivity (Wildman–Crippen MR) is 155 cm³/mol. The van der Waals surface area contributed by atoms with Crippen molar-refractivity contribution in [1.82, 2.24) is 5.43 Å². The molecule has 0 saturated carbocycles. The van der Waals surface area contributed by atoms with Crippen molar-refractivity contribution in [1.29, 1.82) is 0 Å². The zero-order chi connectivity index (χ0) is 27.8. The molecule has 39 heavy (non-hydrogen) atoms. The van der Waals surface area contributed by atoms with Crippen LogP contribution in [0.4, 0.5) is 5.69 Å². The van der Waals surface area contributed by atoms with Crippen LogP contribution in [0.1, 0.15) is 16.7 Å². The van der Waals surface area contributed by atoms with E-state index in [9.17, 15) is 13.2 Å². The lowest BCUT2D eigenvalue weighted by Crippen LogP contribution is -2.39. The van der Waals surface area contributed by atoms with Crippen LogP contribution in [0.15, 0.2) is 107 Å². The summed E-state index contributed by atoms with van der Waals surface area (Å²) in [5, 5.41) is 5.09. The molecule has 200 valence electrons. The Hall–Kier alpha value is -3.85. The van der Waals surface area contributed by atoms with Gasteiger partial charge in [0.25, 0.3) is 15.9 Å². The number of nitrogens with one attached hydrogen (secondary N) is 1. The topological polar surface area (TPSA) is 88.1 Å². The second kappa shape index (κ2) is 12.8. The number of ether oxygens (including phenoxy) is 1. The van der Waals surface area contributed by atoms with E-state index >= 15 is 0 Å². The second-order valence-electron chi connectivity index (χ2n) is 8.58. The number of benzene rings is 4. The first kappa shape index (κ1) is 28.2. The Bertz CT molecular complexity index is 1540. The van der Waals surface area contributed by atoms with E-state index in [1.165, 1.54) is 18.3 Å². The van der Waals surface area contributed by atoms with Crippen molar-refractivity contribution in [2.24, 2.45) is 5.10 Å². The van der Waals surface area contributed by atoms with Gasteiger partial charge in [-0.25, -0.2) is 13.8 Å². The van der Waals surface area contributed by atoms with Crippen LogP contribution in [0.3, 0.4) is 0 Å². The van der Waals surface area contributed by atoms with Crippen molar-refractivity contribution >= 4 is 51.0 Å². The van der Waals surface area contributed by atoms with E-state index in [4.69, 9.17) is 27.9 Å². The van der Waals surface area contributed by atoms with E-state index in [2.05, 4.69) is 10.5 Å². The van der Waals surface area contributed by atoms with Crippen LogP contribution in [0, 0.1) is 6.92 Å². The minimum Gasteiger partial charge on any atom is -0.489 e. The molecule has 0 saturated heterocycles. The number of carbonyl (C=O) groups is 1. The fraction of sp³-hybridized carbons (Fsp3) is 0.103. The summed E-state index contributed by atoms with van der Waals surface area (Å²) in [5.41, 5.74) is 5.32. The highest BCUT2D eigenvalue weighted by atomic mass is 35.5. The first-order valence-corrected chi connectivity index (χ1v) is 14.0. The molecule has 0 radical (unpaired) electrons. The maximum atomic E-state index is 13.4. The molecule has 0 aliphatic carbocycles. The number of carbonyl (C=O) groups excluding carboxylic acids is 1. The highest BCUT2D eigenvalue weighted by Gasteiger charge is 2.27. The molecule has 1 N–H and O–H groups in total. The van der Waals surface area contributed by atoms with Gasteiger partial charge in [-0.2, -0.15) is 5.10 Å². The Kier molecular flexibility index (Phi) is 9.24. The van der Waals surface area contributed by atoms with Crippen LogP contribution in [0.25, 0.3) is 0 Å². The highest BCUT2D eigenvalue weighted by Crippen LogP contribution is 2.25. The van der Waals surface area contributed by atoms with Crippen molar-refractivity contribution in [3.8, 4) is 5.75 Å². The van der Waals surface area contributed by atoms with Gasteiger partial charge in [-0.1, -0.05) is 53.0 Å². The number of sulfonamides is 1. The van der Waals surface area contributed by atoms with E-state index < -0.39 is 22.5 Å². The smallest absolute Gasteiger partial charge is 0.264 e. The third kappa shape index (κ3) is 7.83. The molecule has 0 bridgehead atoms. The number of rotatable bonds is 10. The number of anilines is 1. The van der Waals surface area contributed by atoms with Crippen LogP contribution in [-0.4, -0.2) is 27.1 Å². The number of aryl methyl sites for hydroxylation is 1. The molecular weight excluding hydrogens is 557 g/mol. The number of halogens is 2. The molecule has 10 heteroatoms. The Morgan fingerprint density at radius 3 is 2.08 bits per heavy atom. The zero-order valence-electron chi connectivity index (χ0n) is 20.9. The molecule has 0 aliphatic heterocycles. The quantitative estimate of drug-likeness (QED) is 0.178. The Morgan fingerprint density at radius 1 is 0.872 bits per heavy atom. The summed E-state index contributed by atoms with van der Waals surface area (Å²) < 4.78 is 33.6. The van der Waals surface area contributed by atoms with Gasteiger partial charge < -0.3 is 4.74 Å². The number of nitrogens with zero attached hydrogens (tertiary/aromatic N) is 2. The number of hydrogen-bond acceptors (Lipinski definition) is 5. The lowest BCUT2D eigenvalue weighted by molar-refractivity contribution is -0.119. The molecule has 1 amide bonds. The summed E-state index contributed by atoms with van der Waals surface area (Å²) in [6.45, 7) is 1.78. The first-order valence-electron chi connectivity index (χ1n) is 11.8. The highest BCUT2D eigenvalue weighted by molar-refractivity contribution is 7.92. The molecule has 0 unspecified atom stereocenters. The summed E-state index contributed by atoms with van der Waals surface area (Å²) in [6, 6.07) is 27.2. The van der Waals surface area contributed by atoms with Crippen LogP contribution >= 0.6 is 23.2 Å². The third-order valence-corrected chi connectivity index (χ3v) is 7.90. The van der Waals surface area contributed by atoms with Crippen LogP contribution in [0.5, 0.6) is 5.75 Å². The summed E-state index contributed by atoms with van der Waals surface area (Å²) in [6.07, 6.45) is 1.46. The first-order chi connectivity index (χ1) is 18.7. The average Bonchev–Trinajstić information content (AvgIpc) is 2.93. The van der Waals surface area contributed by atoms with Gasteiger partial charge in [0, 0.05) is 10.0 Å². The van der Waals surface area contributed by atoms with E-state index in [0.717, 1.165) is 21.0 Å². The Balaban J connectivity index is 1.39. The van der Waals surface area contributed by atoms with Crippen molar-refractivity contribution in [2.75, 3.05) is 10.8 Å². The van der Waals surface area contributed by atoms with Gasteiger partial charge in [-0.15, -0.1) is 0 Å². The van der Waals surface area contributed by atoms with Crippen molar-refractivity contribution in [2.45, 2.75) is 18.4 Å².